The van der Waals surface area contributed by atoms with Crippen molar-refractivity contribution in [2.45, 2.75) is 45.1 Å². The molecular weight excluding hydrogens is 300 g/mol. The van der Waals surface area contributed by atoms with Gasteiger partial charge in [0.05, 0.1) is 0 Å². The number of aromatic nitrogens is 2. The molecule has 1 aliphatic heterocycles. The Morgan fingerprint density at radius 2 is 1.96 bits per heavy atom. The lowest BCUT2D eigenvalue weighted by molar-refractivity contribution is 0.0685. The van der Waals surface area contributed by atoms with Gasteiger partial charge in [0.2, 0.25) is 0 Å². The second-order valence-corrected chi connectivity index (χ2v) is 8.32. The summed E-state index contributed by atoms with van der Waals surface area (Å²) in [6.07, 6.45) is 9.79. The lowest BCUT2D eigenvalue weighted by Crippen LogP contribution is -2.44. The molecule has 2 heterocycles. The Kier molecular flexibility index (Phi) is 6.31. The number of aromatic amines is 1. The molecule has 2 atom stereocenters. The van der Waals surface area contributed by atoms with Crippen LogP contribution in [0.1, 0.15) is 43.6 Å². The van der Waals surface area contributed by atoms with Gasteiger partial charge in [0.1, 0.15) is 5.82 Å². The quantitative estimate of drug-likeness (QED) is 0.802. The van der Waals surface area contributed by atoms with Crippen LogP contribution < -0.4 is 0 Å². The maximum atomic E-state index is 9.63. The Morgan fingerprint density at radius 1 is 1.21 bits per heavy atom. The fourth-order valence-electron chi connectivity index (χ4n) is 4.65. The Bertz CT molecular complexity index is 495. The van der Waals surface area contributed by atoms with Gasteiger partial charge in [0, 0.05) is 51.1 Å². The Balaban J connectivity index is 1.54. The van der Waals surface area contributed by atoms with E-state index in [1.54, 1.807) is 0 Å². The second kappa shape index (κ2) is 8.45. The summed E-state index contributed by atoms with van der Waals surface area (Å²) < 4.78 is 0. The molecule has 0 spiro atoms. The van der Waals surface area contributed by atoms with E-state index in [-0.39, 0.29) is 0 Å². The van der Waals surface area contributed by atoms with E-state index in [1.165, 1.54) is 31.4 Å². The highest BCUT2D eigenvalue weighted by Gasteiger charge is 2.27. The van der Waals surface area contributed by atoms with E-state index in [2.05, 4.69) is 33.9 Å². The Labute approximate surface area is 146 Å². The zero-order valence-electron chi connectivity index (χ0n) is 15.4. The van der Waals surface area contributed by atoms with Crippen molar-refractivity contribution in [3.63, 3.8) is 0 Å². The largest absolute Gasteiger partial charge is 0.396 e. The summed E-state index contributed by atoms with van der Waals surface area (Å²) in [5, 5.41) is 9.63. The monoisotopic (exact) mass is 334 g/mol. The summed E-state index contributed by atoms with van der Waals surface area (Å²) >= 11 is 0. The van der Waals surface area contributed by atoms with Gasteiger partial charge in [-0.05, 0) is 38.3 Å². The average molecular weight is 335 g/mol. The number of hydrogen-bond acceptors (Lipinski definition) is 4. The summed E-state index contributed by atoms with van der Waals surface area (Å²) in [5.41, 5.74) is 1.23. The molecule has 1 aromatic heterocycles. The van der Waals surface area contributed by atoms with Gasteiger partial charge < -0.3 is 15.0 Å². The number of nitrogens with one attached hydrogen (secondary N) is 1. The zero-order valence-corrected chi connectivity index (χ0v) is 15.4. The van der Waals surface area contributed by atoms with Crippen molar-refractivity contribution in [3.8, 4) is 0 Å². The van der Waals surface area contributed by atoms with Crippen molar-refractivity contribution in [1.82, 2.24) is 19.8 Å². The third-order valence-corrected chi connectivity index (χ3v) is 5.61. The predicted octanol–water partition coefficient (Wildman–Crippen LogP) is 2.13. The molecule has 24 heavy (non-hydrogen) atoms. The SMILES string of the molecule is CN(C)C[C@H]1C[C@H](CO)CN(Cc2cnc(CC3CCCC3)[nH]2)C1. The second-order valence-electron chi connectivity index (χ2n) is 8.32. The molecule has 5 heteroatoms. The lowest BCUT2D eigenvalue weighted by Gasteiger charge is -2.38. The molecule has 0 aromatic carbocycles. The third kappa shape index (κ3) is 5.04. The van der Waals surface area contributed by atoms with Crippen molar-refractivity contribution in [1.29, 1.82) is 0 Å². The molecule has 5 nitrogen and oxygen atoms in total. The number of aliphatic hydroxyl groups excluding tert-OH is 1. The number of piperidine rings is 1. The topological polar surface area (TPSA) is 55.4 Å². The molecule has 2 N–H and O–H groups in total. The molecule has 0 unspecified atom stereocenters. The molecule has 136 valence electrons. The van der Waals surface area contributed by atoms with E-state index in [0.717, 1.165) is 50.8 Å². The van der Waals surface area contributed by atoms with Crippen LogP contribution in [0.3, 0.4) is 0 Å². The smallest absolute Gasteiger partial charge is 0.106 e. The molecule has 3 rings (SSSR count). The van der Waals surface area contributed by atoms with Crippen molar-refractivity contribution in [2.24, 2.45) is 17.8 Å². The molecule has 1 saturated heterocycles. The standard InChI is InChI=1S/C19H34N4O/c1-22(2)10-16-7-17(14-24)12-23(11-16)13-18-9-20-19(21-18)8-15-5-3-4-6-15/h9,15-17,24H,3-8,10-14H2,1-2H3,(H,20,21)/t16-,17+/m1/s1. The fourth-order valence-corrected chi connectivity index (χ4v) is 4.65. The van der Waals surface area contributed by atoms with Crippen molar-refractivity contribution >= 4 is 0 Å². The summed E-state index contributed by atoms with van der Waals surface area (Å²) in [5.74, 6) is 3.05. The first-order chi connectivity index (χ1) is 11.6. The molecule has 2 fully saturated rings. The van der Waals surface area contributed by atoms with E-state index in [0.29, 0.717) is 18.4 Å². The molecule has 1 saturated carbocycles. The number of likely N-dealkylation sites (tertiary alicyclic amines) is 1. The minimum atomic E-state index is 0.302. The minimum Gasteiger partial charge on any atom is -0.396 e. The van der Waals surface area contributed by atoms with E-state index < -0.39 is 0 Å². The molecule has 1 aliphatic carbocycles. The summed E-state index contributed by atoms with van der Waals surface area (Å²) in [6, 6.07) is 0. The van der Waals surface area contributed by atoms with Crippen LogP contribution in [0.25, 0.3) is 0 Å². The van der Waals surface area contributed by atoms with E-state index in [1.807, 2.05) is 6.20 Å². The number of imidazole rings is 1. The van der Waals surface area contributed by atoms with Gasteiger partial charge in [-0.25, -0.2) is 4.98 Å². The molecular formula is C19H34N4O. The summed E-state index contributed by atoms with van der Waals surface area (Å²) in [6.45, 7) is 4.44. The van der Waals surface area contributed by atoms with Crippen LogP contribution in [0.15, 0.2) is 6.20 Å². The van der Waals surface area contributed by atoms with E-state index in [9.17, 15) is 5.11 Å². The Hall–Kier alpha value is -0.910. The van der Waals surface area contributed by atoms with Gasteiger partial charge in [0.25, 0.3) is 0 Å². The van der Waals surface area contributed by atoms with Crippen molar-refractivity contribution in [3.05, 3.63) is 17.7 Å². The van der Waals surface area contributed by atoms with E-state index in [4.69, 9.17) is 0 Å². The third-order valence-electron chi connectivity index (χ3n) is 5.61. The molecule has 0 amide bonds. The van der Waals surface area contributed by atoms with Gasteiger partial charge in [-0.2, -0.15) is 0 Å². The van der Waals surface area contributed by atoms with Gasteiger partial charge in [-0.15, -0.1) is 0 Å². The van der Waals surface area contributed by atoms with Crippen LogP contribution in [0, 0.1) is 17.8 Å². The number of hydrogen-bond donors (Lipinski definition) is 2. The van der Waals surface area contributed by atoms with Gasteiger partial charge in [0.15, 0.2) is 0 Å². The highest BCUT2D eigenvalue weighted by Crippen LogP contribution is 2.27. The fraction of sp³-hybridized carbons (Fsp3) is 0.842. The maximum Gasteiger partial charge on any atom is 0.106 e. The van der Waals surface area contributed by atoms with Crippen LogP contribution >= 0.6 is 0 Å². The molecule has 1 aromatic rings. The Morgan fingerprint density at radius 3 is 2.67 bits per heavy atom. The first-order valence-electron chi connectivity index (χ1n) is 9.63. The van der Waals surface area contributed by atoms with Crippen molar-refractivity contribution < 1.29 is 5.11 Å². The summed E-state index contributed by atoms with van der Waals surface area (Å²) in [7, 11) is 4.27. The van der Waals surface area contributed by atoms with E-state index >= 15 is 0 Å². The van der Waals surface area contributed by atoms with Gasteiger partial charge in [-0.1, -0.05) is 25.7 Å². The van der Waals surface area contributed by atoms with Crippen LogP contribution in [0.5, 0.6) is 0 Å². The molecule has 2 aliphatic rings. The first-order valence-corrected chi connectivity index (χ1v) is 9.63. The van der Waals surface area contributed by atoms with Crippen LogP contribution in [0.2, 0.25) is 0 Å². The number of H-pyrrole nitrogens is 1. The first kappa shape index (κ1) is 17.9. The highest BCUT2D eigenvalue weighted by atomic mass is 16.3. The minimum absolute atomic E-state index is 0.302. The normalized spacial score (nSPS) is 26.5. The average Bonchev–Trinajstić information content (AvgIpc) is 3.19. The van der Waals surface area contributed by atoms with Crippen LogP contribution in [-0.4, -0.2) is 65.2 Å². The number of aliphatic hydroxyl groups is 1. The van der Waals surface area contributed by atoms with Gasteiger partial charge >= 0.3 is 0 Å². The van der Waals surface area contributed by atoms with Crippen LogP contribution in [0.4, 0.5) is 0 Å². The molecule has 0 radical (unpaired) electrons. The molecule has 0 bridgehead atoms. The van der Waals surface area contributed by atoms with Crippen molar-refractivity contribution in [2.75, 3.05) is 40.3 Å². The summed E-state index contributed by atoms with van der Waals surface area (Å²) in [4.78, 5) is 12.9. The zero-order chi connectivity index (χ0) is 16.9. The lowest BCUT2D eigenvalue weighted by atomic mass is 9.89. The van der Waals surface area contributed by atoms with Crippen LogP contribution in [-0.2, 0) is 13.0 Å². The number of nitrogens with zero attached hydrogens (tertiary/aromatic N) is 3. The predicted molar refractivity (Wildman–Crippen MR) is 96.8 cm³/mol. The number of rotatable bonds is 7. The maximum absolute atomic E-state index is 9.63. The van der Waals surface area contributed by atoms with Gasteiger partial charge in [-0.3, -0.25) is 4.90 Å². The highest BCUT2D eigenvalue weighted by molar-refractivity contribution is 5.03.